The Labute approximate surface area is 104 Å². The highest BCUT2D eigenvalue weighted by atomic mass is 35.5. The Balaban J connectivity index is 2.98. The summed E-state index contributed by atoms with van der Waals surface area (Å²) < 4.78 is 13.3. The van der Waals surface area contributed by atoms with E-state index in [4.69, 9.17) is 28.3 Å². The molecule has 0 aliphatic rings. The number of rotatable bonds is 4. The molecule has 0 heterocycles. The minimum atomic E-state index is -0.494. The molecular formula is C11H14Cl2FNO. The van der Waals surface area contributed by atoms with Crippen LogP contribution in [0.25, 0.3) is 0 Å². The van der Waals surface area contributed by atoms with Gasteiger partial charge in [0.1, 0.15) is 5.82 Å². The third-order valence-corrected chi connectivity index (χ3v) is 3.03. The van der Waals surface area contributed by atoms with Crippen LogP contribution in [0.1, 0.15) is 25.5 Å². The van der Waals surface area contributed by atoms with Gasteiger partial charge in [0.05, 0.1) is 11.6 Å². The van der Waals surface area contributed by atoms with Crippen molar-refractivity contribution in [3.05, 3.63) is 33.6 Å². The average Bonchev–Trinajstić information content (AvgIpc) is 2.24. The summed E-state index contributed by atoms with van der Waals surface area (Å²) in [5.41, 5.74) is 0.517. The summed E-state index contributed by atoms with van der Waals surface area (Å²) in [7, 11) is 0. The molecule has 2 atom stereocenters. The summed E-state index contributed by atoms with van der Waals surface area (Å²) >= 11 is 11.8. The van der Waals surface area contributed by atoms with E-state index < -0.39 is 5.82 Å². The minimum absolute atomic E-state index is 0.00507. The number of aliphatic hydroxyl groups excluding tert-OH is 1. The third kappa shape index (κ3) is 3.08. The molecule has 16 heavy (non-hydrogen) atoms. The van der Waals surface area contributed by atoms with Crippen LogP contribution in [0.15, 0.2) is 12.1 Å². The second-order valence-electron chi connectivity index (χ2n) is 3.73. The standard InChI is InChI=1S/C11H14Cl2FNO/c1-6(5-16)15-7(2)10-8(12)3-4-9(14)11(10)13/h3-4,6-7,15-16H,5H2,1-2H3/t6-,7?/m0/s1. The van der Waals surface area contributed by atoms with E-state index in [-0.39, 0.29) is 23.7 Å². The zero-order chi connectivity index (χ0) is 12.3. The summed E-state index contributed by atoms with van der Waals surface area (Å²) in [6.45, 7) is 3.63. The minimum Gasteiger partial charge on any atom is -0.395 e. The maximum atomic E-state index is 13.3. The molecule has 0 aliphatic heterocycles. The van der Waals surface area contributed by atoms with Crippen LogP contribution in [0.3, 0.4) is 0 Å². The lowest BCUT2D eigenvalue weighted by Crippen LogP contribution is -2.32. The smallest absolute Gasteiger partial charge is 0.142 e. The molecular weight excluding hydrogens is 252 g/mol. The largest absolute Gasteiger partial charge is 0.395 e. The fraction of sp³-hybridized carbons (Fsp3) is 0.455. The summed E-state index contributed by atoms with van der Waals surface area (Å²) in [4.78, 5) is 0. The van der Waals surface area contributed by atoms with Crippen molar-refractivity contribution in [2.24, 2.45) is 0 Å². The first kappa shape index (κ1) is 13.7. The van der Waals surface area contributed by atoms with Gasteiger partial charge in [-0.3, -0.25) is 0 Å². The molecule has 0 radical (unpaired) electrons. The second-order valence-corrected chi connectivity index (χ2v) is 4.51. The maximum absolute atomic E-state index is 13.3. The van der Waals surface area contributed by atoms with E-state index >= 15 is 0 Å². The van der Waals surface area contributed by atoms with Gasteiger partial charge in [0.25, 0.3) is 0 Å². The topological polar surface area (TPSA) is 32.3 Å². The van der Waals surface area contributed by atoms with E-state index in [9.17, 15) is 4.39 Å². The van der Waals surface area contributed by atoms with E-state index in [2.05, 4.69) is 5.32 Å². The zero-order valence-electron chi connectivity index (χ0n) is 9.10. The molecule has 1 aromatic carbocycles. The van der Waals surface area contributed by atoms with Gasteiger partial charge < -0.3 is 10.4 Å². The monoisotopic (exact) mass is 265 g/mol. The van der Waals surface area contributed by atoms with Gasteiger partial charge in [-0.1, -0.05) is 23.2 Å². The third-order valence-electron chi connectivity index (χ3n) is 2.32. The molecule has 1 unspecified atom stereocenters. The van der Waals surface area contributed by atoms with Gasteiger partial charge in [0.15, 0.2) is 0 Å². The number of benzene rings is 1. The molecule has 0 saturated heterocycles. The molecule has 2 nitrogen and oxygen atoms in total. The Bertz CT molecular complexity index is 373. The van der Waals surface area contributed by atoms with Crippen molar-refractivity contribution in [2.45, 2.75) is 25.9 Å². The van der Waals surface area contributed by atoms with Gasteiger partial charge in [-0.2, -0.15) is 0 Å². The van der Waals surface area contributed by atoms with E-state index in [0.717, 1.165) is 0 Å². The van der Waals surface area contributed by atoms with Crippen molar-refractivity contribution in [3.63, 3.8) is 0 Å². The zero-order valence-corrected chi connectivity index (χ0v) is 10.6. The number of aliphatic hydroxyl groups is 1. The lowest BCUT2D eigenvalue weighted by molar-refractivity contribution is 0.243. The van der Waals surface area contributed by atoms with Gasteiger partial charge in [-0.05, 0) is 26.0 Å². The van der Waals surface area contributed by atoms with Crippen LogP contribution in [-0.4, -0.2) is 17.8 Å². The van der Waals surface area contributed by atoms with Crippen molar-refractivity contribution >= 4 is 23.2 Å². The van der Waals surface area contributed by atoms with E-state index in [1.165, 1.54) is 12.1 Å². The number of nitrogens with one attached hydrogen (secondary N) is 1. The van der Waals surface area contributed by atoms with Crippen molar-refractivity contribution in [3.8, 4) is 0 Å². The molecule has 0 aromatic heterocycles. The van der Waals surface area contributed by atoms with Crippen LogP contribution in [0.2, 0.25) is 10.0 Å². The predicted octanol–water partition coefficient (Wildman–Crippen LogP) is 3.16. The molecule has 0 fully saturated rings. The fourth-order valence-corrected chi connectivity index (χ4v) is 2.20. The molecule has 90 valence electrons. The van der Waals surface area contributed by atoms with Crippen LogP contribution >= 0.6 is 23.2 Å². The van der Waals surface area contributed by atoms with Gasteiger partial charge in [0, 0.05) is 22.7 Å². The Morgan fingerprint density at radius 1 is 1.38 bits per heavy atom. The Morgan fingerprint density at radius 2 is 2.00 bits per heavy atom. The van der Waals surface area contributed by atoms with E-state index in [0.29, 0.717) is 10.6 Å². The number of halogens is 3. The molecule has 0 bridgehead atoms. The van der Waals surface area contributed by atoms with Crippen molar-refractivity contribution in [1.29, 1.82) is 0 Å². The molecule has 5 heteroatoms. The first-order valence-electron chi connectivity index (χ1n) is 4.97. The summed E-state index contributed by atoms with van der Waals surface area (Å²) in [5.74, 6) is -0.494. The highest BCUT2D eigenvalue weighted by molar-refractivity contribution is 6.36. The lowest BCUT2D eigenvalue weighted by Gasteiger charge is -2.20. The molecule has 1 aromatic rings. The van der Waals surface area contributed by atoms with Crippen LogP contribution in [-0.2, 0) is 0 Å². The summed E-state index contributed by atoms with van der Waals surface area (Å²) in [5, 5.41) is 12.4. The number of hydrogen-bond donors (Lipinski definition) is 2. The lowest BCUT2D eigenvalue weighted by atomic mass is 10.1. The van der Waals surface area contributed by atoms with Crippen LogP contribution in [0.4, 0.5) is 4.39 Å². The quantitative estimate of drug-likeness (QED) is 0.820. The van der Waals surface area contributed by atoms with Crippen molar-refractivity contribution < 1.29 is 9.50 Å². The summed E-state index contributed by atoms with van der Waals surface area (Å²) in [6, 6.07) is 2.37. The first-order valence-corrected chi connectivity index (χ1v) is 5.73. The van der Waals surface area contributed by atoms with Gasteiger partial charge in [0.2, 0.25) is 0 Å². The van der Waals surface area contributed by atoms with Crippen molar-refractivity contribution in [1.82, 2.24) is 5.32 Å². The SMILES string of the molecule is CC(N[C@@H](C)CO)c1c(Cl)ccc(F)c1Cl. The average molecular weight is 266 g/mol. The van der Waals surface area contributed by atoms with Gasteiger partial charge in [-0.15, -0.1) is 0 Å². The maximum Gasteiger partial charge on any atom is 0.142 e. The van der Waals surface area contributed by atoms with Crippen LogP contribution < -0.4 is 5.32 Å². The molecule has 0 spiro atoms. The van der Waals surface area contributed by atoms with Crippen LogP contribution in [0.5, 0.6) is 0 Å². The Morgan fingerprint density at radius 3 is 2.56 bits per heavy atom. The Kier molecular flexibility index (Phi) is 4.99. The van der Waals surface area contributed by atoms with E-state index in [1.807, 2.05) is 13.8 Å². The molecule has 2 N–H and O–H groups in total. The van der Waals surface area contributed by atoms with Crippen molar-refractivity contribution in [2.75, 3.05) is 6.61 Å². The fourth-order valence-electron chi connectivity index (χ4n) is 1.50. The normalized spacial score (nSPS) is 14.9. The van der Waals surface area contributed by atoms with Gasteiger partial charge >= 0.3 is 0 Å². The molecule has 1 rings (SSSR count). The highest BCUT2D eigenvalue weighted by Crippen LogP contribution is 2.32. The Hall–Kier alpha value is -0.350. The number of hydrogen-bond acceptors (Lipinski definition) is 2. The van der Waals surface area contributed by atoms with E-state index in [1.54, 1.807) is 0 Å². The highest BCUT2D eigenvalue weighted by Gasteiger charge is 2.18. The summed E-state index contributed by atoms with van der Waals surface area (Å²) in [6.07, 6.45) is 0. The van der Waals surface area contributed by atoms with Crippen LogP contribution in [0, 0.1) is 5.82 Å². The molecule has 0 amide bonds. The predicted molar refractivity (Wildman–Crippen MR) is 64.5 cm³/mol. The second kappa shape index (κ2) is 5.82. The molecule has 0 saturated carbocycles. The van der Waals surface area contributed by atoms with Gasteiger partial charge in [-0.25, -0.2) is 4.39 Å². The first-order chi connectivity index (χ1) is 7.47. The molecule has 0 aliphatic carbocycles.